The van der Waals surface area contributed by atoms with Crippen LogP contribution in [0.2, 0.25) is 0 Å². The van der Waals surface area contributed by atoms with Crippen LogP contribution in [-0.2, 0) is 4.79 Å². The van der Waals surface area contributed by atoms with E-state index < -0.39 is 12.1 Å². The molecule has 1 aliphatic carbocycles. The van der Waals surface area contributed by atoms with Crippen molar-refractivity contribution in [1.82, 2.24) is 10.6 Å². The van der Waals surface area contributed by atoms with Gasteiger partial charge in [0.25, 0.3) is 0 Å². The number of carbonyl (C=O) groups excluding carboxylic acids is 2. The molecule has 0 saturated carbocycles. The van der Waals surface area contributed by atoms with Crippen LogP contribution in [0.5, 0.6) is 0 Å². The van der Waals surface area contributed by atoms with E-state index in [1.807, 2.05) is 13.8 Å². The molecule has 4 N–H and O–H groups in total. The summed E-state index contributed by atoms with van der Waals surface area (Å²) in [6.07, 6.45) is 8.81. The number of carbonyl (C=O) groups is 2. The van der Waals surface area contributed by atoms with Gasteiger partial charge in [0, 0.05) is 6.54 Å². The zero-order valence-corrected chi connectivity index (χ0v) is 12.6. The molecule has 0 radical (unpaired) electrons. The summed E-state index contributed by atoms with van der Waals surface area (Å²) in [5, 5.41) is 5.43. The third kappa shape index (κ3) is 5.63. The molecule has 0 aromatic rings. The second kappa shape index (κ2) is 8.61. The number of rotatable bonds is 7. The maximum atomic E-state index is 12.1. The zero-order valence-electron chi connectivity index (χ0n) is 12.6. The van der Waals surface area contributed by atoms with Crippen LogP contribution in [0.15, 0.2) is 11.6 Å². The summed E-state index contributed by atoms with van der Waals surface area (Å²) < 4.78 is 0. The Morgan fingerprint density at radius 3 is 2.70 bits per heavy atom. The molecule has 5 nitrogen and oxygen atoms in total. The molecule has 1 aliphatic rings. The van der Waals surface area contributed by atoms with Gasteiger partial charge in [-0.05, 0) is 38.0 Å². The molecule has 2 atom stereocenters. The first-order valence-corrected chi connectivity index (χ1v) is 7.56. The van der Waals surface area contributed by atoms with Gasteiger partial charge in [-0.3, -0.25) is 4.79 Å². The minimum atomic E-state index is -0.652. The van der Waals surface area contributed by atoms with Crippen molar-refractivity contribution >= 4 is 11.9 Å². The van der Waals surface area contributed by atoms with Crippen molar-refractivity contribution in [2.45, 2.75) is 58.4 Å². The van der Waals surface area contributed by atoms with E-state index >= 15 is 0 Å². The van der Waals surface area contributed by atoms with Crippen LogP contribution in [0.3, 0.4) is 0 Å². The highest BCUT2D eigenvalue weighted by molar-refractivity contribution is 5.86. The van der Waals surface area contributed by atoms with Gasteiger partial charge in [-0.25, -0.2) is 4.79 Å². The maximum absolute atomic E-state index is 12.1. The van der Waals surface area contributed by atoms with E-state index in [9.17, 15) is 9.59 Å². The fourth-order valence-electron chi connectivity index (χ4n) is 2.44. The number of hydrogen-bond donors (Lipinski definition) is 3. The molecule has 0 fully saturated rings. The molecule has 2 unspecified atom stereocenters. The number of hydrogen-bond acceptors (Lipinski definition) is 2. The summed E-state index contributed by atoms with van der Waals surface area (Å²) in [5.74, 6) is -0.0778. The van der Waals surface area contributed by atoms with Crippen LogP contribution in [0.1, 0.15) is 52.4 Å². The number of nitrogens with two attached hydrogens (primary N) is 1. The van der Waals surface area contributed by atoms with Gasteiger partial charge in [0.1, 0.15) is 6.04 Å². The highest BCUT2D eigenvalue weighted by atomic mass is 16.2. The second-order valence-corrected chi connectivity index (χ2v) is 5.52. The molecule has 1 rings (SSSR count). The smallest absolute Gasteiger partial charge is 0.312 e. The molecule has 114 valence electrons. The number of allylic oxidation sites excluding steroid dienone is 1. The molecule has 3 amide bonds. The van der Waals surface area contributed by atoms with Crippen LogP contribution in [0.4, 0.5) is 4.79 Å². The molecule has 20 heavy (non-hydrogen) atoms. The number of primary amides is 1. The highest BCUT2D eigenvalue weighted by Gasteiger charge is 2.24. The van der Waals surface area contributed by atoms with Crippen molar-refractivity contribution in [3.05, 3.63) is 11.6 Å². The van der Waals surface area contributed by atoms with Crippen molar-refractivity contribution in [2.24, 2.45) is 11.7 Å². The van der Waals surface area contributed by atoms with Crippen molar-refractivity contribution in [2.75, 3.05) is 6.54 Å². The summed E-state index contributed by atoms with van der Waals surface area (Å²) in [6, 6.07) is -1.20. The molecule has 0 aromatic carbocycles. The molecule has 0 aliphatic heterocycles. The monoisotopic (exact) mass is 281 g/mol. The Hall–Kier alpha value is -1.52. The lowest BCUT2D eigenvalue weighted by Gasteiger charge is -2.23. The van der Waals surface area contributed by atoms with Crippen LogP contribution < -0.4 is 16.4 Å². The standard InChI is InChI=1S/C15H27N3O2/c1-3-11(2)13(18-15(16)20)14(19)17-10-9-12-7-5-4-6-8-12/h7,11,13H,3-6,8-10H2,1-2H3,(H,17,19)(H3,16,18,20). The first kappa shape index (κ1) is 16.5. The van der Waals surface area contributed by atoms with Crippen LogP contribution in [0, 0.1) is 5.92 Å². The van der Waals surface area contributed by atoms with E-state index in [-0.39, 0.29) is 11.8 Å². The lowest BCUT2D eigenvalue weighted by molar-refractivity contribution is -0.124. The first-order chi connectivity index (χ1) is 9.54. The number of nitrogens with one attached hydrogen (secondary N) is 2. The predicted molar refractivity (Wildman–Crippen MR) is 80.1 cm³/mol. The SMILES string of the molecule is CCC(C)C(NC(N)=O)C(=O)NCCC1=CCCCC1. The van der Waals surface area contributed by atoms with E-state index in [0.29, 0.717) is 6.54 Å². The quantitative estimate of drug-likeness (QED) is 0.624. The third-order valence-electron chi connectivity index (χ3n) is 3.92. The molecule has 0 bridgehead atoms. The topological polar surface area (TPSA) is 84.2 Å². The van der Waals surface area contributed by atoms with E-state index in [4.69, 9.17) is 5.73 Å². The van der Waals surface area contributed by atoms with Gasteiger partial charge < -0.3 is 16.4 Å². The van der Waals surface area contributed by atoms with E-state index in [1.165, 1.54) is 18.4 Å². The van der Waals surface area contributed by atoms with Gasteiger partial charge in [0.15, 0.2) is 0 Å². The minimum absolute atomic E-state index is 0.0661. The number of urea groups is 1. The Kier molecular flexibility index (Phi) is 7.12. The Labute approximate surface area is 121 Å². The average Bonchev–Trinajstić information content (AvgIpc) is 2.44. The van der Waals surface area contributed by atoms with Crippen molar-refractivity contribution in [3.8, 4) is 0 Å². The van der Waals surface area contributed by atoms with Crippen LogP contribution in [0.25, 0.3) is 0 Å². The molecule has 0 aromatic heterocycles. The highest BCUT2D eigenvalue weighted by Crippen LogP contribution is 2.19. The molecule has 0 heterocycles. The Morgan fingerprint density at radius 2 is 2.15 bits per heavy atom. The fourth-order valence-corrected chi connectivity index (χ4v) is 2.44. The summed E-state index contributed by atoms with van der Waals surface area (Å²) in [7, 11) is 0. The van der Waals surface area contributed by atoms with E-state index in [1.54, 1.807) is 0 Å². The summed E-state index contributed by atoms with van der Waals surface area (Å²) in [6.45, 7) is 4.54. The maximum Gasteiger partial charge on any atom is 0.312 e. The Morgan fingerprint density at radius 1 is 1.40 bits per heavy atom. The molecule has 0 saturated heterocycles. The van der Waals surface area contributed by atoms with E-state index in [2.05, 4.69) is 16.7 Å². The molecular formula is C15H27N3O2. The van der Waals surface area contributed by atoms with Gasteiger partial charge >= 0.3 is 6.03 Å². The summed E-state index contributed by atoms with van der Waals surface area (Å²) in [4.78, 5) is 23.1. The van der Waals surface area contributed by atoms with Crippen LogP contribution >= 0.6 is 0 Å². The third-order valence-corrected chi connectivity index (χ3v) is 3.92. The lowest BCUT2D eigenvalue weighted by Crippen LogP contribution is -2.51. The largest absolute Gasteiger partial charge is 0.354 e. The van der Waals surface area contributed by atoms with E-state index in [0.717, 1.165) is 25.7 Å². The average molecular weight is 281 g/mol. The lowest BCUT2D eigenvalue weighted by atomic mass is 9.96. The fraction of sp³-hybridized carbons (Fsp3) is 0.733. The first-order valence-electron chi connectivity index (χ1n) is 7.56. The number of amides is 3. The van der Waals surface area contributed by atoms with Gasteiger partial charge in [-0.2, -0.15) is 0 Å². The molecular weight excluding hydrogens is 254 g/mol. The Bertz CT molecular complexity index is 366. The van der Waals surface area contributed by atoms with Gasteiger partial charge in [0.05, 0.1) is 0 Å². The van der Waals surface area contributed by atoms with Crippen molar-refractivity contribution in [1.29, 1.82) is 0 Å². The second-order valence-electron chi connectivity index (χ2n) is 5.52. The van der Waals surface area contributed by atoms with Crippen LogP contribution in [-0.4, -0.2) is 24.5 Å². The van der Waals surface area contributed by atoms with Gasteiger partial charge in [-0.1, -0.05) is 31.9 Å². The Balaban J connectivity index is 2.40. The normalized spacial score (nSPS) is 17.8. The predicted octanol–water partition coefficient (Wildman–Crippen LogP) is 2.08. The zero-order chi connectivity index (χ0) is 15.0. The van der Waals surface area contributed by atoms with Crippen molar-refractivity contribution in [3.63, 3.8) is 0 Å². The summed E-state index contributed by atoms with van der Waals surface area (Å²) in [5.41, 5.74) is 6.56. The van der Waals surface area contributed by atoms with Gasteiger partial charge in [-0.15, -0.1) is 0 Å². The minimum Gasteiger partial charge on any atom is -0.354 e. The summed E-state index contributed by atoms with van der Waals surface area (Å²) >= 11 is 0. The van der Waals surface area contributed by atoms with Crippen molar-refractivity contribution < 1.29 is 9.59 Å². The van der Waals surface area contributed by atoms with Gasteiger partial charge in [0.2, 0.25) is 5.91 Å². The molecule has 5 heteroatoms. The molecule has 0 spiro atoms.